The van der Waals surface area contributed by atoms with Gasteiger partial charge in [-0.15, -0.1) is 0 Å². The van der Waals surface area contributed by atoms with Gasteiger partial charge in [0, 0.05) is 12.6 Å². The van der Waals surface area contributed by atoms with E-state index in [2.05, 4.69) is 63.1 Å². The minimum atomic E-state index is 0.310. The summed E-state index contributed by atoms with van der Waals surface area (Å²) in [5.41, 5.74) is 2.68. The molecule has 2 nitrogen and oxygen atoms in total. The maximum absolute atomic E-state index is 8.67. The van der Waals surface area contributed by atoms with Crippen LogP contribution >= 0.6 is 0 Å². The Kier molecular flexibility index (Phi) is 5.18. The summed E-state index contributed by atoms with van der Waals surface area (Å²) < 4.78 is 0. The molecule has 0 bridgehead atoms. The molecule has 0 aliphatic rings. The molecule has 1 aromatic carbocycles. The van der Waals surface area contributed by atoms with E-state index in [4.69, 9.17) is 5.26 Å². The maximum Gasteiger partial charge on any atom is 0.0638 e. The van der Waals surface area contributed by atoms with Gasteiger partial charge in [0.1, 0.15) is 0 Å². The van der Waals surface area contributed by atoms with E-state index in [-0.39, 0.29) is 0 Å². The molecule has 1 aromatic rings. The third-order valence-corrected chi connectivity index (χ3v) is 3.22. The first-order valence-electron chi connectivity index (χ1n) is 6.20. The average Bonchev–Trinajstić information content (AvgIpc) is 2.30. The lowest BCUT2D eigenvalue weighted by molar-refractivity contribution is 0.252. The van der Waals surface area contributed by atoms with E-state index in [0.717, 1.165) is 6.54 Å². The van der Waals surface area contributed by atoms with Crippen molar-refractivity contribution in [2.75, 3.05) is 7.05 Å². The summed E-state index contributed by atoms with van der Waals surface area (Å²) in [5, 5.41) is 8.67. The monoisotopic (exact) mass is 230 g/mol. The minimum absolute atomic E-state index is 0.310. The molecular formula is C15H22N2. The van der Waals surface area contributed by atoms with Gasteiger partial charge in [-0.05, 0) is 31.0 Å². The number of nitriles is 1. The van der Waals surface area contributed by atoms with Gasteiger partial charge in [-0.3, -0.25) is 4.90 Å². The van der Waals surface area contributed by atoms with Crippen LogP contribution in [0.4, 0.5) is 0 Å². The summed E-state index contributed by atoms with van der Waals surface area (Å²) in [4.78, 5) is 2.22. The van der Waals surface area contributed by atoms with Gasteiger partial charge in [0.15, 0.2) is 0 Å². The molecule has 17 heavy (non-hydrogen) atoms. The molecule has 0 fully saturated rings. The molecule has 0 N–H and O–H groups in total. The van der Waals surface area contributed by atoms with E-state index in [1.54, 1.807) is 0 Å². The van der Waals surface area contributed by atoms with Crippen molar-refractivity contribution in [2.24, 2.45) is 0 Å². The Morgan fingerprint density at radius 3 is 2.24 bits per heavy atom. The third-order valence-electron chi connectivity index (χ3n) is 3.22. The fourth-order valence-corrected chi connectivity index (χ4v) is 1.74. The third kappa shape index (κ3) is 4.20. The standard InChI is InChI=1S/C15H22N2/c1-12(2)15-7-5-14(6-8-15)11-17(4)13(3)9-10-16/h5-8,12-13H,9,11H2,1-4H3. The van der Waals surface area contributed by atoms with Crippen LogP contribution in [0.1, 0.15) is 44.2 Å². The Balaban J connectivity index is 2.60. The van der Waals surface area contributed by atoms with Gasteiger partial charge in [0.2, 0.25) is 0 Å². The molecule has 0 heterocycles. The molecule has 0 aliphatic heterocycles. The van der Waals surface area contributed by atoms with Crippen molar-refractivity contribution in [3.05, 3.63) is 35.4 Å². The first-order chi connectivity index (χ1) is 8.04. The van der Waals surface area contributed by atoms with Crippen LogP contribution in [-0.4, -0.2) is 18.0 Å². The van der Waals surface area contributed by atoms with Crippen LogP contribution in [0.3, 0.4) is 0 Å². The predicted molar refractivity (Wildman–Crippen MR) is 71.7 cm³/mol. The maximum atomic E-state index is 8.67. The van der Waals surface area contributed by atoms with Gasteiger partial charge in [-0.25, -0.2) is 0 Å². The van der Waals surface area contributed by atoms with Crippen LogP contribution in [0, 0.1) is 11.3 Å². The van der Waals surface area contributed by atoms with Crippen molar-refractivity contribution in [1.82, 2.24) is 4.90 Å². The minimum Gasteiger partial charge on any atom is -0.298 e. The lowest BCUT2D eigenvalue weighted by Gasteiger charge is -2.22. The summed E-state index contributed by atoms with van der Waals surface area (Å²) in [7, 11) is 2.07. The van der Waals surface area contributed by atoms with Gasteiger partial charge in [0.25, 0.3) is 0 Å². The van der Waals surface area contributed by atoms with E-state index < -0.39 is 0 Å². The zero-order valence-corrected chi connectivity index (χ0v) is 11.3. The Morgan fingerprint density at radius 2 is 1.76 bits per heavy atom. The molecule has 1 atom stereocenters. The second kappa shape index (κ2) is 6.42. The smallest absolute Gasteiger partial charge is 0.0638 e. The predicted octanol–water partition coefficient (Wildman–Crippen LogP) is 3.54. The Hall–Kier alpha value is -1.33. The Bertz CT molecular complexity index is 373. The first-order valence-corrected chi connectivity index (χ1v) is 6.20. The van der Waals surface area contributed by atoms with Crippen LogP contribution in [0.2, 0.25) is 0 Å². The number of benzene rings is 1. The van der Waals surface area contributed by atoms with Crippen molar-refractivity contribution in [3.8, 4) is 6.07 Å². The second-order valence-electron chi connectivity index (χ2n) is 5.02. The molecule has 1 rings (SSSR count). The van der Waals surface area contributed by atoms with Crippen LogP contribution in [0.5, 0.6) is 0 Å². The fraction of sp³-hybridized carbons (Fsp3) is 0.533. The van der Waals surface area contributed by atoms with Crippen LogP contribution in [0.25, 0.3) is 0 Å². The highest BCUT2D eigenvalue weighted by atomic mass is 15.1. The summed E-state index contributed by atoms with van der Waals surface area (Å²) in [6.45, 7) is 7.40. The van der Waals surface area contributed by atoms with Gasteiger partial charge in [-0.2, -0.15) is 5.26 Å². The van der Waals surface area contributed by atoms with Crippen LogP contribution in [-0.2, 0) is 6.54 Å². The molecule has 0 radical (unpaired) electrons. The van der Waals surface area contributed by atoms with Gasteiger partial charge in [0.05, 0.1) is 12.5 Å². The highest BCUT2D eigenvalue weighted by molar-refractivity contribution is 5.24. The normalized spacial score (nSPS) is 12.8. The lowest BCUT2D eigenvalue weighted by Crippen LogP contribution is -2.28. The van der Waals surface area contributed by atoms with E-state index in [1.165, 1.54) is 11.1 Å². The van der Waals surface area contributed by atoms with Crippen molar-refractivity contribution >= 4 is 0 Å². The van der Waals surface area contributed by atoms with Gasteiger partial charge in [-0.1, -0.05) is 38.1 Å². The largest absolute Gasteiger partial charge is 0.298 e. The second-order valence-corrected chi connectivity index (χ2v) is 5.02. The zero-order valence-electron chi connectivity index (χ0n) is 11.3. The van der Waals surface area contributed by atoms with Crippen molar-refractivity contribution in [2.45, 2.75) is 45.7 Å². The molecule has 0 aromatic heterocycles. The molecule has 0 saturated carbocycles. The molecule has 0 saturated heterocycles. The molecule has 92 valence electrons. The molecule has 0 aliphatic carbocycles. The van der Waals surface area contributed by atoms with Crippen molar-refractivity contribution < 1.29 is 0 Å². The summed E-state index contributed by atoms with van der Waals surface area (Å²) in [6.07, 6.45) is 0.584. The van der Waals surface area contributed by atoms with E-state index in [0.29, 0.717) is 18.4 Å². The number of rotatable bonds is 5. The van der Waals surface area contributed by atoms with Gasteiger partial charge < -0.3 is 0 Å². The molecular weight excluding hydrogens is 208 g/mol. The van der Waals surface area contributed by atoms with E-state index in [1.807, 2.05) is 0 Å². The quantitative estimate of drug-likeness (QED) is 0.773. The van der Waals surface area contributed by atoms with Crippen LogP contribution in [0.15, 0.2) is 24.3 Å². The molecule has 0 spiro atoms. The SMILES string of the molecule is CC(C)c1ccc(CN(C)C(C)CC#N)cc1. The Morgan fingerprint density at radius 1 is 1.18 bits per heavy atom. The first kappa shape index (κ1) is 13.7. The average molecular weight is 230 g/mol. The van der Waals surface area contributed by atoms with E-state index >= 15 is 0 Å². The van der Waals surface area contributed by atoms with Crippen molar-refractivity contribution in [1.29, 1.82) is 5.26 Å². The van der Waals surface area contributed by atoms with Crippen molar-refractivity contribution in [3.63, 3.8) is 0 Å². The van der Waals surface area contributed by atoms with E-state index in [9.17, 15) is 0 Å². The lowest BCUT2D eigenvalue weighted by atomic mass is 10.0. The van der Waals surface area contributed by atoms with Crippen LogP contribution < -0.4 is 0 Å². The fourth-order valence-electron chi connectivity index (χ4n) is 1.74. The number of nitrogens with zero attached hydrogens (tertiary/aromatic N) is 2. The topological polar surface area (TPSA) is 27.0 Å². The highest BCUT2D eigenvalue weighted by Gasteiger charge is 2.09. The highest BCUT2D eigenvalue weighted by Crippen LogP contribution is 2.16. The summed E-state index contributed by atoms with van der Waals surface area (Å²) in [5.74, 6) is 0.583. The molecule has 2 heteroatoms. The summed E-state index contributed by atoms with van der Waals surface area (Å²) >= 11 is 0. The molecule has 0 amide bonds. The zero-order chi connectivity index (χ0) is 12.8. The molecule has 1 unspecified atom stereocenters. The number of hydrogen-bond donors (Lipinski definition) is 0. The number of hydrogen-bond acceptors (Lipinski definition) is 2. The van der Waals surface area contributed by atoms with Gasteiger partial charge >= 0.3 is 0 Å². The Labute approximate surface area is 105 Å². The summed E-state index contributed by atoms with van der Waals surface area (Å²) in [6, 6.07) is 11.3.